The lowest BCUT2D eigenvalue weighted by Crippen LogP contribution is -2.53. The van der Waals surface area contributed by atoms with Crippen LogP contribution in [0.4, 0.5) is 0 Å². The third kappa shape index (κ3) is 2.54. The summed E-state index contributed by atoms with van der Waals surface area (Å²) in [5, 5.41) is 7.62. The molecular formula is C14H18N4S. The zero-order valence-corrected chi connectivity index (χ0v) is 12.2. The molecule has 0 amide bonds. The van der Waals surface area contributed by atoms with Crippen molar-refractivity contribution in [1.29, 1.82) is 0 Å². The van der Waals surface area contributed by atoms with Gasteiger partial charge in [-0.1, -0.05) is 17.8 Å². The van der Waals surface area contributed by atoms with Gasteiger partial charge < -0.3 is 0 Å². The smallest absolute Gasteiger partial charge is 0.109 e. The number of hydrogen-bond acceptors (Lipinski definition) is 5. The van der Waals surface area contributed by atoms with Crippen molar-refractivity contribution >= 4 is 11.8 Å². The van der Waals surface area contributed by atoms with E-state index in [0.717, 1.165) is 5.69 Å². The molecule has 0 radical (unpaired) electrons. The Hall–Kier alpha value is -1.30. The lowest BCUT2D eigenvalue weighted by atomic mass is 10.1. The number of nitrogens with one attached hydrogen (secondary N) is 1. The van der Waals surface area contributed by atoms with Crippen LogP contribution >= 0.6 is 11.8 Å². The first kappa shape index (κ1) is 12.7. The van der Waals surface area contributed by atoms with Gasteiger partial charge in [0.2, 0.25) is 0 Å². The lowest BCUT2D eigenvalue weighted by molar-refractivity contribution is -0.0333. The minimum atomic E-state index is -0.00256. The number of thioether (sulfide) groups is 1. The average molecular weight is 274 g/mol. The first-order valence-electron chi connectivity index (χ1n) is 6.37. The van der Waals surface area contributed by atoms with Gasteiger partial charge in [0.1, 0.15) is 6.04 Å². The van der Waals surface area contributed by atoms with E-state index in [1.165, 1.54) is 5.03 Å². The van der Waals surface area contributed by atoms with Gasteiger partial charge in [0.15, 0.2) is 0 Å². The van der Waals surface area contributed by atoms with Gasteiger partial charge in [0.25, 0.3) is 0 Å². The molecule has 4 nitrogen and oxygen atoms in total. The first-order chi connectivity index (χ1) is 9.04. The highest BCUT2D eigenvalue weighted by Gasteiger charge is 2.36. The lowest BCUT2D eigenvalue weighted by Gasteiger charge is -2.36. The van der Waals surface area contributed by atoms with Gasteiger partial charge in [-0.2, -0.15) is 0 Å². The number of fused-ring (bicyclic) bond motifs is 1. The summed E-state index contributed by atoms with van der Waals surface area (Å²) in [7, 11) is 0. The average Bonchev–Trinajstić information content (AvgIpc) is 2.92. The maximum Gasteiger partial charge on any atom is 0.109 e. The third-order valence-corrected chi connectivity index (χ3v) is 3.68. The quantitative estimate of drug-likeness (QED) is 0.896. The molecule has 5 heteroatoms. The third-order valence-electron chi connectivity index (χ3n) is 2.85. The first-order valence-corrected chi connectivity index (χ1v) is 7.25. The van der Waals surface area contributed by atoms with Crippen LogP contribution in [-0.4, -0.2) is 20.6 Å². The van der Waals surface area contributed by atoms with Crippen LogP contribution < -0.4 is 5.43 Å². The Morgan fingerprint density at radius 1 is 1.32 bits per heavy atom. The summed E-state index contributed by atoms with van der Waals surface area (Å²) in [5.74, 6) is 0. The molecule has 100 valence electrons. The Kier molecular flexibility index (Phi) is 3.12. The summed E-state index contributed by atoms with van der Waals surface area (Å²) in [6.07, 6.45) is 6.17. The van der Waals surface area contributed by atoms with Crippen LogP contribution in [0.15, 0.2) is 47.1 Å². The van der Waals surface area contributed by atoms with Crippen molar-refractivity contribution in [1.82, 2.24) is 20.5 Å². The Labute approximate surface area is 118 Å². The molecular weight excluding hydrogens is 256 g/mol. The van der Waals surface area contributed by atoms with Crippen LogP contribution in [0, 0.1) is 0 Å². The molecule has 1 aromatic rings. The molecule has 0 saturated heterocycles. The number of nitrogens with zero attached hydrogens (tertiary/aromatic N) is 3. The molecule has 19 heavy (non-hydrogen) atoms. The van der Waals surface area contributed by atoms with Crippen molar-refractivity contribution in [3.63, 3.8) is 0 Å². The zero-order chi connectivity index (χ0) is 13.5. The molecule has 0 fully saturated rings. The van der Waals surface area contributed by atoms with Crippen molar-refractivity contribution in [3.05, 3.63) is 52.8 Å². The Balaban J connectivity index is 1.92. The highest BCUT2D eigenvalue weighted by atomic mass is 32.2. The van der Waals surface area contributed by atoms with E-state index in [1.807, 2.05) is 18.3 Å². The molecule has 0 aliphatic carbocycles. The molecule has 1 unspecified atom stereocenters. The Morgan fingerprint density at radius 3 is 2.84 bits per heavy atom. The van der Waals surface area contributed by atoms with Crippen LogP contribution in [0.2, 0.25) is 0 Å². The topological polar surface area (TPSA) is 31.4 Å². The highest BCUT2D eigenvalue weighted by Crippen LogP contribution is 2.41. The number of aromatic nitrogens is 1. The van der Waals surface area contributed by atoms with Crippen LogP contribution in [-0.2, 0) is 0 Å². The van der Waals surface area contributed by atoms with E-state index in [0.29, 0.717) is 0 Å². The predicted octanol–water partition coefficient (Wildman–Crippen LogP) is 3.02. The molecule has 2 aliphatic rings. The zero-order valence-electron chi connectivity index (χ0n) is 11.4. The van der Waals surface area contributed by atoms with Gasteiger partial charge in [-0.3, -0.25) is 9.99 Å². The highest BCUT2D eigenvalue weighted by molar-refractivity contribution is 8.06. The molecule has 0 spiro atoms. The van der Waals surface area contributed by atoms with Gasteiger partial charge in [0, 0.05) is 17.9 Å². The summed E-state index contributed by atoms with van der Waals surface area (Å²) >= 11 is 1.74. The molecule has 0 saturated carbocycles. The molecule has 2 aliphatic heterocycles. The van der Waals surface area contributed by atoms with E-state index in [-0.39, 0.29) is 11.6 Å². The number of hydrogen-bond donors (Lipinski definition) is 1. The fourth-order valence-corrected chi connectivity index (χ4v) is 2.93. The largest absolute Gasteiger partial charge is 0.260 e. The van der Waals surface area contributed by atoms with Crippen LogP contribution in [0.5, 0.6) is 0 Å². The summed E-state index contributed by atoms with van der Waals surface area (Å²) in [6.45, 7) is 6.48. The number of rotatable bonds is 2. The second-order valence-corrected chi connectivity index (χ2v) is 6.58. The van der Waals surface area contributed by atoms with Crippen LogP contribution in [0.3, 0.4) is 0 Å². The van der Waals surface area contributed by atoms with Crippen molar-refractivity contribution < 1.29 is 0 Å². The maximum atomic E-state index is 4.48. The molecule has 0 bridgehead atoms. The summed E-state index contributed by atoms with van der Waals surface area (Å²) in [4.78, 5) is 4.48. The summed E-state index contributed by atoms with van der Waals surface area (Å²) in [6, 6.07) is 6.17. The summed E-state index contributed by atoms with van der Waals surface area (Å²) in [5.41, 5.74) is 4.59. The molecule has 1 atom stereocenters. The van der Waals surface area contributed by atoms with Crippen molar-refractivity contribution in [2.75, 3.05) is 0 Å². The van der Waals surface area contributed by atoms with Crippen molar-refractivity contribution in [3.8, 4) is 0 Å². The van der Waals surface area contributed by atoms with E-state index in [4.69, 9.17) is 0 Å². The molecule has 1 N–H and O–H groups in total. The number of hydrazine groups is 2. The van der Waals surface area contributed by atoms with Gasteiger partial charge in [-0.15, -0.1) is 5.12 Å². The molecule has 3 heterocycles. The Bertz CT molecular complexity index is 518. The monoisotopic (exact) mass is 274 g/mol. The second-order valence-electron chi connectivity index (χ2n) is 5.66. The molecule has 1 aromatic heterocycles. The van der Waals surface area contributed by atoms with E-state index >= 15 is 0 Å². The van der Waals surface area contributed by atoms with E-state index in [1.54, 1.807) is 11.8 Å². The molecule has 0 aromatic carbocycles. The van der Waals surface area contributed by atoms with Crippen LogP contribution in [0.25, 0.3) is 0 Å². The Morgan fingerprint density at radius 2 is 2.16 bits per heavy atom. The fraction of sp³-hybridized carbons (Fsp3) is 0.357. The van der Waals surface area contributed by atoms with E-state index < -0.39 is 0 Å². The number of pyridine rings is 1. The SMILES string of the molecule is CC(C)(C)NN1C(c2ccccn2)C=C2SC=CN21. The van der Waals surface area contributed by atoms with Crippen LogP contribution in [0.1, 0.15) is 32.5 Å². The normalized spacial score (nSPS) is 22.8. The van der Waals surface area contributed by atoms with Crippen molar-refractivity contribution in [2.45, 2.75) is 32.4 Å². The minimum absolute atomic E-state index is 0.00256. The minimum Gasteiger partial charge on any atom is -0.260 e. The van der Waals surface area contributed by atoms with Gasteiger partial charge in [-0.05, 0) is 44.4 Å². The summed E-state index contributed by atoms with van der Waals surface area (Å²) < 4.78 is 0. The standard InChI is InChI=1S/C14H18N4S/c1-14(2,3)16-18-12(11-6-4-5-7-15-11)10-13-17(18)8-9-19-13/h4-10,12,16H,1-3H3. The van der Waals surface area contributed by atoms with Crippen molar-refractivity contribution in [2.24, 2.45) is 0 Å². The maximum absolute atomic E-state index is 4.48. The van der Waals surface area contributed by atoms with E-state index in [2.05, 4.69) is 65.1 Å². The molecule has 3 rings (SSSR count). The predicted molar refractivity (Wildman–Crippen MR) is 78.4 cm³/mol. The second kappa shape index (κ2) is 4.67. The van der Waals surface area contributed by atoms with Gasteiger partial charge in [-0.25, -0.2) is 5.43 Å². The van der Waals surface area contributed by atoms with E-state index in [9.17, 15) is 0 Å². The van der Waals surface area contributed by atoms with Gasteiger partial charge in [0.05, 0.1) is 10.7 Å². The fourth-order valence-electron chi connectivity index (χ4n) is 2.15. The van der Waals surface area contributed by atoms with Gasteiger partial charge >= 0.3 is 0 Å².